The topological polar surface area (TPSA) is 82.4 Å². The summed E-state index contributed by atoms with van der Waals surface area (Å²) in [5, 5.41) is 10.1. The molecule has 0 aliphatic heterocycles. The average Bonchev–Trinajstić information content (AvgIpc) is 2.66. The van der Waals surface area contributed by atoms with E-state index in [4.69, 9.17) is 11.6 Å². The Balaban J connectivity index is 2.15. The molecular formula is C21H12ClFN4O. The molecule has 0 atom stereocenters. The van der Waals surface area contributed by atoms with Crippen LogP contribution in [0.5, 0.6) is 0 Å². The number of aromatic amines is 1. The molecule has 0 aliphatic rings. The second-order valence-corrected chi connectivity index (χ2v) is 6.60. The molecule has 0 radical (unpaired) electrons. The highest BCUT2D eigenvalue weighted by atomic mass is 35.5. The minimum absolute atomic E-state index is 0.120. The molecule has 1 N–H and O–H groups in total. The molecule has 0 fully saturated rings. The first kappa shape index (κ1) is 17.8. The van der Waals surface area contributed by atoms with Gasteiger partial charge >= 0.3 is 0 Å². The van der Waals surface area contributed by atoms with Crippen LogP contribution < -0.4 is 5.43 Å². The monoisotopic (exact) mass is 390 g/mol. The van der Waals surface area contributed by atoms with Crippen LogP contribution in [0.1, 0.15) is 11.3 Å². The van der Waals surface area contributed by atoms with Gasteiger partial charge in [0.15, 0.2) is 5.43 Å². The molecule has 0 saturated carbocycles. The summed E-state index contributed by atoms with van der Waals surface area (Å²) in [7, 11) is 0. The fourth-order valence-corrected chi connectivity index (χ4v) is 3.39. The van der Waals surface area contributed by atoms with Gasteiger partial charge in [0.25, 0.3) is 0 Å². The van der Waals surface area contributed by atoms with E-state index in [1.54, 1.807) is 31.2 Å². The molecule has 136 valence electrons. The van der Waals surface area contributed by atoms with E-state index in [2.05, 4.69) is 15.0 Å². The standard InChI is InChI=1S/C21H12ClFN4O/c1-11-7-12(8-19(22)26-11)14-9-15-18(28)5-6-25-21(15)27-20(14)13-3-2-4-17(23)16(13)10-24/h2-9H,1H3,(H,25,27,28). The van der Waals surface area contributed by atoms with Crippen molar-refractivity contribution in [1.29, 1.82) is 5.26 Å². The number of nitriles is 1. The number of rotatable bonds is 2. The summed E-state index contributed by atoms with van der Waals surface area (Å²) in [6.07, 6.45) is 1.49. The number of nitrogens with one attached hydrogen (secondary N) is 1. The molecule has 0 amide bonds. The molecule has 1 aromatic carbocycles. The van der Waals surface area contributed by atoms with Crippen molar-refractivity contribution in [2.24, 2.45) is 0 Å². The first-order valence-corrected chi connectivity index (χ1v) is 8.71. The van der Waals surface area contributed by atoms with Crippen molar-refractivity contribution in [2.75, 3.05) is 0 Å². The zero-order valence-electron chi connectivity index (χ0n) is 14.6. The number of aryl methyl sites for hydroxylation is 1. The fraction of sp³-hybridized carbons (Fsp3) is 0.0476. The summed E-state index contributed by atoms with van der Waals surface area (Å²) in [6.45, 7) is 1.79. The molecule has 0 saturated heterocycles. The Bertz CT molecular complexity index is 1320. The van der Waals surface area contributed by atoms with Gasteiger partial charge in [-0.05, 0) is 36.8 Å². The van der Waals surface area contributed by atoms with Crippen molar-refractivity contribution in [2.45, 2.75) is 6.92 Å². The van der Waals surface area contributed by atoms with E-state index in [0.717, 1.165) is 0 Å². The summed E-state index contributed by atoms with van der Waals surface area (Å²) >= 11 is 6.12. The van der Waals surface area contributed by atoms with Crippen LogP contribution >= 0.6 is 11.6 Å². The smallest absolute Gasteiger partial charge is 0.191 e. The average molecular weight is 391 g/mol. The van der Waals surface area contributed by atoms with Gasteiger partial charge in [-0.15, -0.1) is 0 Å². The minimum atomic E-state index is -0.640. The summed E-state index contributed by atoms with van der Waals surface area (Å²) in [4.78, 5) is 23.9. The van der Waals surface area contributed by atoms with Gasteiger partial charge in [0.2, 0.25) is 0 Å². The molecule has 7 heteroatoms. The lowest BCUT2D eigenvalue weighted by Crippen LogP contribution is -2.04. The number of hydrogen-bond donors (Lipinski definition) is 1. The van der Waals surface area contributed by atoms with Crippen LogP contribution in [0.4, 0.5) is 4.39 Å². The maximum Gasteiger partial charge on any atom is 0.191 e. The number of pyridine rings is 3. The van der Waals surface area contributed by atoms with Gasteiger partial charge in [-0.3, -0.25) is 4.79 Å². The first-order valence-electron chi connectivity index (χ1n) is 8.34. The predicted octanol–water partition coefficient (Wildman–Crippen LogP) is 4.62. The Hall–Kier alpha value is -3.56. The van der Waals surface area contributed by atoms with Gasteiger partial charge in [-0.25, -0.2) is 14.4 Å². The number of H-pyrrole nitrogens is 1. The van der Waals surface area contributed by atoms with E-state index in [0.29, 0.717) is 39.1 Å². The number of benzene rings is 1. The van der Waals surface area contributed by atoms with Crippen molar-refractivity contribution in [3.05, 3.63) is 81.1 Å². The van der Waals surface area contributed by atoms with Crippen LogP contribution in [0, 0.1) is 24.1 Å². The first-order chi connectivity index (χ1) is 13.5. The highest BCUT2D eigenvalue weighted by molar-refractivity contribution is 6.29. The molecule has 5 nitrogen and oxygen atoms in total. The summed E-state index contributed by atoms with van der Waals surface area (Å²) in [5.74, 6) is -0.640. The van der Waals surface area contributed by atoms with E-state index >= 15 is 0 Å². The predicted molar refractivity (Wildman–Crippen MR) is 105 cm³/mol. The number of aromatic nitrogens is 3. The van der Waals surface area contributed by atoms with Gasteiger partial charge < -0.3 is 4.98 Å². The summed E-state index contributed by atoms with van der Waals surface area (Å²) in [5.41, 5.74) is 2.61. The van der Waals surface area contributed by atoms with E-state index in [-0.39, 0.29) is 16.1 Å². The zero-order chi connectivity index (χ0) is 19.8. The quantitative estimate of drug-likeness (QED) is 0.506. The zero-order valence-corrected chi connectivity index (χ0v) is 15.4. The van der Waals surface area contributed by atoms with E-state index in [1.165, 1.54) is 24.4 Å². The molecule has 3 heterocycles. The largest absolute Gasteiger partial charge is 0.346 e. The van der Waals surface area contributed by atoms with Gasteiger partial charge in [-0.2, -0.15) is 5.26 Å². The van der Waals surface area contributed by atoms with Gasteiger partial charge in [0.05, 0.1) is 16.6 Å². The lowest BCUT2D eigenvalue weighted by Gasteiger charge is -2.13. The fourth-order valence-electron chi connectivity index (χ4n) is 3.14. The van der Waals surface area contributed by atoms with Crippen LogP contribution in [0.3, 0.4) is 0 Å². The maximum absolute atomic E-state index is 14.2. The normalized spacial score (nSPS) is 10.8. The molecule has 0 aliphatic carbocycles. The van der Waals surface area contributed by atoms with Gasteiger partial charge in [0.1, 0.15) is 22.7 Å². The van der Waals surface area contributed by atoms with Gasteiger partial charge in [-0.1, -0.05) is 23.7 Å². The highest BCUT2D eigenvalue weighted by Gasteiger charge is 2.18. The molecule has 0 spiro atoms. The molecule has 0 bridgehead atoms. The molecule has 0 unspecified atom stereocenters. The number of fused-ring (bicyclic) bond motifs is 1. The number of halogens is 2. The van der Waals surface area contributed by atoms with Crippen LogP contribution in [-0.4, -0.2) is 15.0 Å². The third-order valence-electron chi connectivity index (χ3n) is 4.36. The lowest BCUT2D eigenvalue weighted by atomic mass is 9.95. The maximum atomic E-state index is 14.2. The summed E-state index contributed by atoms with van der Waals surface area (Å²) < 4.78 is 14.2. The number of hydrogen-bond acceptors (Lipinski definition) is 4. The van der Waals surface area contributed by atoms with Crippen LogP contribution in [0.15, 0.2) is 53.5 Å². The van der Waals surface area contributed by atoms with Crippen LogP contribution in [-0.2, 0) is 0 Å². The number of nitrogens with zero attached hydrogens (tertiary/aromatic N) is 3. The molecule has 4 rings (SSSR count). The Kier molecular flexibility index (Phi) is 4.38. The molecule has 4 aromatic rings. The summed E-state index contributed by atoms with van der Waals surface area (Å²) in [6, 6.07) is 12.8. The van der Waals surface area contributed by atoms with Crippen molar-refractivity contribution >= 4 is 22.6 Å². The molecular weight excluding hydrogens is 379 g/mol. The lowest BCUT2D eigenvalue weighted by molar-refractivity contribution is 0.624. The van der Waals surface area contributed by atoms with Crippen molar-refractivity contribution < 1.29 is 4.39 Å². The third kappa shape index (κ3) is 3.02. The van der Waals surface area contributed by atoms with E-state index in [9.17, 15) is 14.4 Å². The highest BCUT2D eigenvalue weighted by Crippen LogP contribution is 2.35. The Labute approximate surface area is 164 Å². The van der Waals surface area contributed by atoms with Crippen molar-refractivity contribution in [3.63, 3.8) is 0 Å². The van der Waals surface area contributed by atoms with Gasteiger partial charge in [0, 0.05) is 29.1 Å². The van der Waals surface area contributed by atoms with Crippen molar-refractivity contribution in [3.8, 4) is 28.5 Å². The second kappa shape index (κ2) is 6.87. The molecule has 28 heavy (non-hydrogen) atoms. The van der Waals surface area contributed by atoms with Crippen LogP contribution in [0.25, 0.3) is 33.4 Å². The third-order valence-corrected chi connectivity index (χ3v) is 4.55. The Morgan fingerprint density at radius 2 is 1.96 bits per heavy atom. The molecule has 3 aromatic heterocycles. The Morgan fingerprint density at radius 3 is 2.71 bits per heavy atom. The Morgan fingerprint density at radius 1 is 1.14 bits per heavy atom. The SMILES string of the molecule is Cc1cc(-c2cc3c(=O)cc[nH]c3nc2-c2cccc(F)c2C#N)cc(Cl)n1. The van der Waals surface area contributed by atoms with E-state index < -0.39 is 5.82 Å². The second-order valence-electron chi connectivity index (χ2n) is 6.22. The van der Waals surface area contributed by atoms with Crippen molar-refractivity contribution in [1.82, 2.24) is 15.0 Å². The minimum Gasteiger partial charge on any atom is -0.346 e. The van der Waals surface area contributed by atoms with E-state index in [1.807, 2.05) is 6.07 Å². The van der Waals surface area contributed by atoms with Crippen LogP contribution in [0.2, 0.25) is 5.15 Å².